The normalized spacial score (nSPS) is 12.5. The predicted octanol–water partition coefficient (Wildman–Crippen LogP) is 5.85. The van der Waals surface area contributed by atoms with Crippen LogP contribution in [-0.4, -0.2) is 28.4 Å². The summed E-state index contributed by atoms with van der Waals surface area (Å²) in [6.07, 6.45) is 0.694. The lowest BCUT2D eigenvalue weighted by Crippen LogP contribution is -2.37. The molecule has 0 aliphatic carbocycles. The standard InChI is InChI=1S/C26H36O5/c1-24(2,3)20-15-19(16-21(22(20)27)25(4,5)6)30-14-13-17-9-11-18(12-10-17)31-26(7,8)23(28)29/h9-12,15-16,27H,13-14H2,1-8H3,(H,28,29). The van der Waals surface area contributed by atoms with Gasteiger partial charge in [-0.2, -0.15) is 0 Å². The van der Waals surface area contributed by atoms with Crippen LogP contribution in [0.3, 0.4) is 0 Å². The van der Waals surface area contributed by atoms with Gasteiger partial charge in [-0.15, -0.1) is 0 Å². The molecular weight excluding hydrogens is 392 g/mol. The molecule has 0 atom stereocenters. The van der Waals surface area contributed by atoms with Crippen molar-refractivity contribution >= 4 is 5.97 Å². The fourth-order valence-electron chi connectivity index (χ4n) is 3.18. The van der Waals surface area contributed by atoms with Gasteiger partial charge < -0.3 is 19.7 Å². The summed E-state index contributed by atoms with van der Waals surface area (Å²) < 4.78 is 11.6. The predicted molar refractivity (Wildman–Crippen MR) is 123 cm³/mol. The Bertz CT molecular complexity index is 877. The van der Waals surface area contributed by atoms with Gasteiger partial charge in [-0.3, -0.25) is 0 Å². The monoisotopic (exact) mass is 428 g/mol. The molecule has 0 aliphatic rings. The van der Waals surface area contributed by atoms with E-state index in [4.69, 9.17) is 9.47 Å². The summed E-state index contributed by atoms with van der Waals surface area (Å²) in [5.41, 5.74) is 1.12. The molecule has 5 nitrogen and oxygen atoms in total. The summed E-state index contributed by atoms with van der Waals surface area (Å²) >= 11 is 0. The maximum atomic E-state index is 11.2. The van der Waals surface area contributed by atoms with E-state index in [1.165, 1.54) is 13.8 Å². The zero-order valence-corrected chi connectivity index (χ0v) is 20.0. The van der Waals surface area contributed by atoms with Gasteiger partial charge in [0.05, 0.1) is 6.61 Å². The summed E-state index contributed by atoms with van der Waals surface area (Å²) in [7, 11) is 0. The number of aliphatic carboxylic acids is 1. The van der Waals surface area contributed by atoms with Gasteiger partial charge in [-0.25, -0.2) is 4.79 Å². The van der Waals surface area contributed by atoms with Crippen molar-refractivity contribution in [2.75, 3.05) is 6.61 Å². The van der Waals surface area contributed by atoms with Crippen molar-refractivity contribution in [3.05, 3.63) is 53.1 Å². The summed E-state index contributed by atoms with van der Waals surface area (Å²) in [5, 5.41) is 20.0. The van der Waals surface area contributed by atoms with Crippen molar-refractivity contribution in [2.24, 2.45) is 0 Å². The fourth-order valence-corrected chi connectivity index (χ4v) is 3.18. The summed E-state index contributed by atoms with van der Waals surface area (Å²) in [6, 6.07) is 11.2. The van der Waals surface area contributed by atoms with E-state index in [0.29, 0.717) is 24.5 Å². The van der Waals surface area contributed by atoms with Crippen LogP contribution in [0.15, 0.2) is 36.4 Å². The Morgan fingerprint density at radius 2 is 1.32 bits per heavy atom. The molecule has 0 aliphatic heterocycles. The molecule has 31 heavy (non-hydrogen) atoms. The van der Waals surface area contributed by atoms with Gasteiger partial charge in [0, 0.05) is 17.5 Å². The summed E-state index contributed by atoms with van der Waals surface area (Å²) in [5.74, 6) is 0.589. The molecule has 0 saturated carbocycles. The van der Waals surface area contributed by atoms with E-state index in [0.717, 1.165) is 22.4 Å². The first-order chi connectivity index (χ1) is 14.1. The van der Waals surface area contributed by atoms with E-state index in [1.807, 2.05) is 24.3 Å². The molecule has 0 radical (unpaired) electrons. The number of carboxylic acids is 1. The van der Waals surface area contributed by atoms with E-state index >= 15 is 0 Å². The maximum Gasteiger partial charge on any atom is 0.347 e. The van der Waals surface area contributed by atoms with Crippen molar-refractivity contribution in [1.29, 1.82) is 0 Å². The SMILES string of the molecule is CC(C)(Oc1ccc(CCOc2cc(C(C)(C)C)c(O)c(C(C)(C)C)c2)cc1)C(=O)O. The van der Waals surface area contributed by atoms with Crippen LogP contribution >= 0.6 is 0 Å². The number of hydrogen-bond donors (Lipinski definition) is 2. The lowest BCUT2D eigenvalue weighted by atomic mass is 9.79. The van der Waals surface area contributed by atoms with Gasteiger partial charge in [0.1, 0.15) is 17.2 Å². The van der Waals surface area contributed by atoms with Crippen LogP contribution in [0.4, 0.5) is 0 Å². The van der Waals surface area contributed by atoms with Crippen molar-refractivity contribution in [3.63, 3.8) is 0 Å². The molecule has 0 heterocycles. The maximum absolute atomic E-state index is 11.2. The van der Waals surface area contributed by atoms with E-state index in [2.05, 4.69) is 41.5 Å². The molecule has 5 heteroatoms. The molecular formula is C26H36O5. The number of hydrogen-bond acceptors (Lipinski definition) is 4. The summed E-state index contributed by atoms with van der Waals surface area (Å²) in [4.78, 5) is 11.2. The molecule has 0 aromatic heterocycles. The van der Waals surface area contributed by atoms with Crippen molar-refractivity contribution in [3.8, 4) is 17.2 Å². The number of carboxylic acid groups (broad SMARTS) is 1. The minimum absolute atomic E-state index is 0.205. The largest absolute Gasteiger partial charge is 0.507 e. The Morgan fingerprint density at radius 3 is 1.74 bits per heavy atom. The average molecular weight is 429 g/mol. The third-order valence-corrected chi connectivity index (χ3v) is 5.17. The number of phenols is 1. The second-order valence-corrected chi connectivity index (χ2v) is 10.5. The van der Waals surface area contributed by atoms with Gasteiger partial charge >= 0.3 is 5.97 Å². The first-order valence-corrected chi connectivity index (χ1v) is 10.6. The number of aromatic hydroxyl groups is 1. The van der Waals surface area contributed by atoms with E-state index in [1.54, 1.807) is 12.1 Å². The molecule has 0 unspecified atom stereocenters. The Balaban J connectivity index is 2.11. The zero-order chi connectivity index (χ0) is 23.6. The lowest BCUT2D eigenvalue weighted by Gasteiger charge is -2.28. The minimum atomic E-state index is -1.28. The molecule has 2 N–H and O–H groups in total. The molecule has 0 bridgehead atoms. The number of phenolic OH excluding ortho intramolecular Hbond substituents is 1. The van der Waals surface area contributed by atoms with E-state index in [-0.39, 0.29) is 10.8 Å². The number of benzene rings is 2. The highest BCUT2D eigenvalue weighted by atomic mass is 16.5. The highest BCUT2D eigenvalue weighted by Crippen LogP contribution is 2.41. The Hall–Kier alpha value is -2.69. The van der Waals surface area contributed by atoms with Gasteiger partial charge in [-0.1, -0.05) is 53.7 Å². The fraction of sp³-hybridized carbons (Fsp3) is 0.500. The molecule has 0 fully saturated rings. The van der Waals surface area contributed by atoms with Gasteiger partial charge in [0.15, 0.2) is 5.60 Å². The van der Waals surface area contributed by atoms with Crippen LogP contribution in [0.25, 0.3) is 0 Å². The quantitative estimate of drug-likeness (QED) is 0.578. The zero-order valence-electron chi connectivity index (χ0n) is 20.0. The molecule has 0 spiro atoms. The van der Waals surface area contributed by atoms with Gasteiger partial charge in [-0.05, 0) is 54.5 Å². The third-order valence-electron chi connectivity index (χ3n) is 5.17. The van der Waals surface area contributed by atoms with E-state index in [9.17, 15) is 15.0 Å². The van der Waals surface area contributed by atoms with Crippen LogP contribution < -0.4 is 9.47 Å². The first-order valence-electron chi connectivity index (χ1n) is 10.6. The molecule has 2 rings (SSSR count). The van der Waals surface area contributed by atoms with Gasteiger partial charge in [0.25, 0.3) is 0 Å². The van der Waals surface area contributed by atoms with Gasteiger partial charge in [0.2, 0.25) is 0 Å². The van der Waals surface area contributed by atoms with Crippen LogP contribution in [0, 0.1) is 0 Å². The topological polar surface area (TPSA) is 76.0 Å². The second-order valence-electron chi connectivity index (χ2n) is 10.5. The Labute approximate surface area is 186 Å². The molecule has 0 amide bonds. The molecule has 2 aromatic rings. The van der Waals surface area contributed by atoms with Crippen LogP contribution in [-0.2, 0) is 22.0 Å². The Morgan fingerprint density at radius 1 is 0.839 bits per heavy atom. The summed E-state index contributed by atoms with van der Waals surface area (Å²) in [6.45, 7) is 16.0. The van der Waals surface area contributed by atoms with Crippen molar-refractivity contribution in [1.82, 2.24) is 0 Å². The highest BCUT2D eigenvalue weighted by molar-refractivity contribution is 5.76. The van der Waals surface area contributed by atoms with E-state index < -0.39 is 11.6 Å². The third kappa shape index (κ3) is 6.39. The number of rotatable bonds is 7. The smallest absolute Gasteiger partial charge is 0.347 e. The van der Waals surface area contributed by atoms with Crippen LogP contribution in [0.2, 0.25) is 0 Å². The lowest BCUT2D eigenvalue weighted by molar-refractivity contribution is -0.152. The number of ether oxygens (including phenoxy) is 2. The van der Waals surface area contributed by atoms with Crippen molar-refractivity contribution in [2.45, 2.75) is 78.2 Å². The van der Waals surface area contributed by atoms with Crippen LogP contribution in [0.1, 0.15) is 72.1 Å². The highest BCUT2D eigenvalue weighted by Gasteiger charge is 2.29. The molecule has 0 saturated heterocycles. The van der Waals surface area contributed by atoms with Crippen molar-refractivity contribution < 1.29 is 24.5 Å². The van der Waals surface area contributed by atoms with Crippen LogP contribution in [0.5, 0.6) is 17.2 Å². The molecule has 2 aromatic carbocycles. The minimum Gasteiger partial charge on any atom is -0.507 e. The first kappa shape index (κ1) is 24.6. The molecule has 170 valence electrons. The Kier molecular flexibility index (Phi) is 6.99. The average Bonchev–Trinajstić information content (AvgIpc) is 2.62. The number of carbonyl (C=O) groups is 1. The second kappa shape index (κ2) is 8.81.